The molecule has 4 rings (SSSR count). The van der Waals surface area contributed by atoms with Gasteiger partial charge in [0.25, 0.3) is 5.56 Å². The van der Waals surface area contributed by atoms with Gasteiger partial charge in [-0.15, -0.1) is 0 Å². The maximum Gasteiger partial charge on any atom is 0.471 e. The van der Waals surface area contributed by atoms with E-state index in [0.29, 0.717) is 17.5 Å². The van der Waals surface area contributed by atoms with Gasteiger partial charge in [0.2, 0.25) is 0 Å². The Hall–Kier alpha value is -3.32. The molecule has 1 atom stereocenters. The Balaban J connectivity index is 1.77. The number of phosphoric acid groups is 1. The smallest absolute Gasteiger partial charge is 0.311 e. The summed E-state index contributed by atoms with van der Waals surface area (Å²) in [6.45, 7) is 1.78. The second-order valence-electron chi connectivity index (χ2n) is 7.67. The van der Waals surface area contributed by atoms with Gasteiger partial charge in [0.05, 0.1) is 30.2 Å². The van der Waals surface area contributed by atoms with Gasteiger partial charge in [-0.2, -0.15) is 18.3 Å². The summed E-state index contributed by atoms with van der Waals surface area (Å²) in [7, 11) is -4.95. The van der Waals surface area contributed by atoms with Crippen molar-refractivity contribution in [3.05, 3.63) is 64.5 Å². The molecule has 0 saturated heterocycles. The Morgan fingerprint density at radius 1 is 1.29 bits per heavy atom. The van der Waals surface area contributed by atoms with Crippen LogP contribution in [0.15, 0.2) is 47.8 Å². The normalized spacial score (nSPS) is 13.4. The number of nitrogens with zero attached hydrogens (tertiary/aromatic N) is 5. The summed E-state index contributed by atoms with van der Waals surface area (Å²) >= 11 is 0. The molecule has 15 heteroatoms. The van der Waals surface area contributed by atoms with Crippen molar-refractivity contribution < 1.29 is 32.0 Å². The third-order valence-corrected chi connectivity index (χ3v) is 5.58. The number of rotatable bonds is 8. The summed E-state index contributed by atoms with van der Waals surface area (Å²) in [6.07, 6.45) is -1.14. The zero-order valence-corrected chi connectivity index (χ0v) is 19.1. The Bertz CT molecular complexity index is 1460. The quantitative estimate of drug-likeness (QED) is 0.304. The van der Waals surface area contributed by atoms with Crippen LogP contribution in [0, 0.1) is 0 Å². The molecule has 11 nitrogen and oxygen atoms in total. The number of H-pyrrole nitrogens is 1. The van der Waals surface area contributed by atoms with Crippen LogP contribution in [0.5, 0.6) is 0 Å². The van der Waals surface area contributed by atoms with Crippen LogP contribution in [0.25, 0.3) is 22.6 Å². The van der Waals surface area contributed by atoms with E-state index in [9.17, 15) is 32.3 Å². The lowest BCUT2D eigenvalue weighted by Gasteiger charge is -2.21. The second kappa shape index (κ2) is 9.38. The highest BCUT2D eigenvalue weighted by Gasteiger charge is 2.31. The monoisotopic (exact) mass is 512 g/mol. The van der Waals surface area contributed by atoms with Crippen molar-refractivity contribution in [2.24, 2.45) is 0 Å². The van der Waals surface area contributed by atoms with Crippen molar-refractivity contribution in [2.45, 2.75) is 38.7 Å². The summed E-state index contributed by atoms with van der Waals surface area (Å²) in [6, 6.07) is 4.82. The molecule has 4 aromatic rings. The first-order chi connectivity index (χ1) is 16.5. The molecule has 3 heterocycles. The molecule has 35 heavy (non-hydrogen) atoms. The van der Waals surface area contributed by atoms with Crippen molar-refractivity contribution in [1.82, 2.24) is 29.3 Å². The lowest BCUT2D eigenvalue weighted by atomic mass is 10.1. The second-order valence-corrected chi connectivity index (χ2v) is 8.87. The molecule has 0 spiro atoms. The number of hydrogen-bond donors (Lipinski definition) is 3. The molecule has 0 aliphatic rings. The molecule has 0 fully saturated rings. The fraction of sp³-hybridized carbons (Fsp3) is 0.300. The predicted molar refractivity (Wildman–Crippen MR) is 117 cm³/mol. The summed E-state index contributed by atoms with van der Waals surface area (Å²) in [5, 5.41) is 4.17. The summed E-state index contributed by atoms with van der Waals surface area (Å²) in [4.78, 5) is 42.2. The molecule has 0 bridgehead atoms. The molecule has 3 N–H and O–H groups in total. The lowest BCUT2D eigenvalue weighted by molar-refractivity contribution is -0.137. The van der Waals surface area contributed by atoms with Crippen LogP contribution >= 0.6 is 7.82 Å². The molecule has 0 aliphatic heterocycles. The van der Waals surface area contributed by atoms with Gasteiger partial charge in [-0.3, -0.25) is 18.6 Å². The first-order valence-corrected chi connectivity index (χ1v) is 11.9. The topological polar surface area (TPSA) is 148 Å². The van der Waals surface area contributed by atoms with Crippen LogP contribution in [0.2, 0.25) is 0 Å². The van der Waals surface area contributed by atoms with Crippen molar-refractivity contribution >= 4 is 19.0 Å². The van der Waals surface area contributed by atoms with Crippen molar-refractivity contribution in [3.8, 4) is 11.4 Å². The average Bonchev–Trinajstić information content (AvgIpc) is 3.37. The molecule has 1 aromatic carbocycles. The first-order valence-electron chi connectivity index (χ1n) is 10.3. The number of alkyl halides is 3. The van der Waals surface area contributed by atoms with E-state index in [1.807, 2.05) is 0 Å². The van der Waals surface area contributed by atoms with Crippen molar-refractivity contribution in [1.29, 1.82) is 0 Å². The summed E-state index contributed by atoms with van der Waals surface area (Å²) < 4.78 is 58.3. The maximum absolute atomic E-state index is 13.0. The zero-order chi connectivity index (χ0) is 25.4. The van der Waals surface area contributed by atoms with Gasteiger partial charge in [0.1, 0.15) is 12.1 Å². The molecule has 0 radical (unpaired) electrons. The van der Waals surface area contributed by atoms with Crippen LogP contribution in [0.4, 0.5) is 13.2 Å². The van der Waals surface area contributed by atoms with Gasteiger partial charge in [-0.25, -0.2) is 14.5 Å². The summed E-state index contributed by atoms with van der Waals surface area (Å²) in [5.41, 5.74) is -0.726. The van der Waals surface area contributed by atoms with E-state index in [1.54, 1.807) is 6.92 Å². The van der Waals surface area contributed by atoms with Crippen LogP contribution in [0.3, 0.4) is 0 Å². The number of benzene rings is 1. The third kappa shape index (κ3) is 5.51. The number of halogens is 3. The Morgan fingerprint density at radius 3 is 2.74 bits per heavy atom. The van der Waals surface area contributed by atoms with E-state index in [2.05, 4.69) is 20.1 Å². The van der Waals surface area contributed by atoms with E-state index in [-0.39, 0.29) is 30.0 Å². The largest absolute Gasteiger partial charge is 0.471 e. The van der Waals surface area contributed by atoms with E-state index in [1.165, 1.54) is 33.8 Å². The minimum absolute atomic E-state index is 0.0142. The number of fused-ring (bicyclic) bond motifs is 1. The Morgan fingerprint density at radius 2 is 2.06 bits per heavy atom. The molecule has 3 aromatic heterocycles. The number of imidazole rings is 1. The number of nitrogens with one attached hydrogen (secondary N) is 1. The molecule has 0 saturated carbocycles. The number of aromatic amines is 1. The molecule has 186 valence electrons. The highest BCUT2D eigenvalue weighted by Crippen LogP contribution is 2.43. The number of hydrogen-bond acceptors (Lipinski definition) is 6. The molecule has 1 unspecified atom stereocenters. The van der Waals surface area contributed by atoms with Crippen molar-refractivity contribution in [2.75, 3.05) is 0 Å². The standard InChI is InChI=1S/C20H20F3N6O5P/c1-2-4-15(34-35(31,32)33)29-16-17(24-11-25-19(16)30)27-18(29)13-8-26-28(10-13)9-12-5-3-6-14(7-12)20(21,22)23/h3,5-8,10-11,15H,2,4,9H2,1H3,(H,24,25,30)(H2,31,32,33). The minimum atomic E-state index is -4.95. The molecule has 0 aliphatic carbocycles. The van der Waals surface area contributed by atoms with Crippen LogP contribution in [-0.2, 0) is 21.8 Å². The van der Waals surface area contributed by atoms with Gasteiger partial charge in [0.15, 0.2) is 11.2 Å². The fourth-order valence-corrected chi connectivity index (χ4v) is 4.18. The zero-order valence-electron chi connectivity index (χ0n) is 18.2. The number of phosphoric ester groups is 1. The maximum atomic E-state index is 13.0. The fourth-order valence-electron chi connectivity index (χ4n) is 3.66. The average molecular weight is 512 g/mol. The van der Waals surface area contributed by atoms with Crippen LogP contribution < -0.4 is 5.56 Å². The van der Waals surface area contributed by atoms with E-state index in [4.69, 9.17) is 4.52 Å². The van der Waals surface area contributed by atoms with Crippen LogP contribution in [-0.4, -0.2) is 39.1 Å². The van der Waals surface area contributed by atoms with Crippen LogP contribution in [0.1, 0.15) is 37.1 Å². The number of aromatic nitrogens is 6. The highest BCUT2D eigenvalue weighted by atomic mass is 31.2. The predicted octanol–water partition coefficient (Wildman–Crippen LogP) is 3.46. The first kappa shape index (κ1) is 24.8. The van der Waals surface area contributed by atoms with E-state index >= 15 is 0 Å². The minimum Gasteiger partial charge on any atom is -0.311 e. The van der Waals surface area contributed by atoms with Gasteiger partial charge in [0, 0.05) is 6.20 Å². The summed E-state index contributed by atoms with van der Waals surface area (Å²) in [5.74, 6) is 0.103. The molecule has 0 amide bonds. The Labute approximate surface area is 195 Å². The third-order valence-electron chi connectivity index (χ3n) is 5.06. The van der Waals surface area contributed by atoms with Gasteiger partial charge < -0.3 is 14.8 Å². The Kier molecular flexibility index (Phi) is 6.64. The molecular weight excluding hydrogens is 492 g/mol. The lowest BCUT2D eigenvalue weighted by Crippen LogP contribution is -2.18. The van der Waals surface area contributed by atoms with Gasteiger partial charge in [-0.05, 0) is 24.1 Å². The van der Waals surface area contributed by atoms with E-state index in [0.717, 1.165) is 18.5 Å². The van der Waals surface area contributed by atoms with Crippen molar-refractivity contribution in [3.63, 3.8) is 0 Å². The van der Waals surface area contributed by atoms with Gasteiger partial charge in [-0.1, -0.05) is 25.5 Å². The SMILES string of the molecule is CCCC(OP(=O)(O)O)n1c(-c2cnn(Cc3cccc(C(F)(F)F)c3)c2)nc2nc[nH]c(=O)c21. The highest BCUT2D eigenvalue weighted by molar-refractivity contribution is 7.46. The van der Waals surface area contributed by atoms with E-state index < -0.39 is 31.3 Å². The van der Waals surface area contributed by atoms with Gasteiger partial charge >= 0.3 is 14.0 Å². The molecular formula is C20H20F3N6O5P.